The van der Waals surface area contributed by atoms with E-state index in [1.165, 1.54) is 6.92 Å². The van der Waals surface area contributed by atoms with Crippen molar-refractivity contribution in [3.05, 3.63) is 41.8 Å². The number of hydrogen-bond donors (Lipinski definition) is 0. The number of carbonyl (C=O) groups is 1. The minimum atomic E-state index is -0.285. The van der Waals surface area contributed by atoms with Crippen molar-refractivity contribution in [2.75, 3.05) is 0 Å². The number of carbonyl (C=O) groups excluding carboxylic acids is 1. The van der Waals surface area contributed by atoms with Gasteiger partial charge in [0.2, 0.25) is 0 Å². The summed E-state index contributed by atoms with van der Waals surface area (Å²) in [4.78, 5) is 11.8. The first-order valence-electron chi connectivity index (χ1n) is 4.58. The minimum Gasteiger partial charge on any atom is -0.426 e. The second kappa shape index (κ2) is 4.28. The molecule has 0 spiro atoms. The highest BCUT2D eigenvalue weighted by Crippen LogP contribution is 2.30. The summed E-state index contributed by atoms with van der Waals surface area (Å²) in [5.74, 6) is 0.332. The Morgan fingerprint density at radius 1 is 1.27 bits per heavy atom. The molecule has 0 aliphatic heterocycles. The molecule has 0 radical (unpaired) electrons. The van der Waals surface area contributed by atoms with Crippen molar-refractivity contribution in [3.8, 4) is 16.2 Å². The first kappa shape index (κ1) is 9.93. The Hall–Kier alpha value is -1.61. The molecule has 0 saturated heterocycles. The average Bonchev–Trinajstić information content (AvgIpc) is 2.67. The number of rotatable bonds is 2. The van der Waals surface area contributed by atoms with Crippen molar-refractivity contribution >= 4 is 17.3 Å². The van der Waals surface area contributed by atoms with Gasteiger partial charge in [-0.15, -0.1) is 11.3 Å². The Morgan fingerprint density at radius 2 is 2.00 bits per heavy atom. The van der Waals surface area contributed by atoms with E-state index >= 15 is 0 Å². The van der Waals surface area contributed by atoms with Crippen molar-refractivity contribution in [1.82, 2.24) is 0 Å². The molecule has 0 amide bonds. The zero-order valence-corrected chi connectivity index (χ0v) is 9.08. The molecule has 0 fully saturated rings. The van der Waals surface area contributed by atoms with Gasteiger partial charge >= 0.3 is 5.97 Å². The van der Waals surface area contributed by atoms with Gasteiger partial charge in [0.15, 0.2) is 0 Å². The summed E-state index contributed by atoms with van der Waals surface area (Å²) in [6.45, 7) is 1.40. The molecule has 3 heteroatoms. The molecule has 2 rings (SSSR count). The molecule has 0 aliphatic carbocycles. The molecular formula is C12H10O2S. The highest BCUT2D eigenvalue weighted by molar-refractivity contribution is 7.13. The second-order valence-electron chi connectivity index (χ2n) is 3.11. The number of hydrogen-bond acceptors (Lipinski definition) is 3. The zero-order chi connectivity index (χ0) is 10.7. The first-order valence-corrected chi connectivity index (χ1v) is 5.46. The van der Waals surface area contributed by atoms with Crippen LogP contribution in [0.5, 0.6) is 5.75 Å². The van der Waals surface area contributed by atoms with Crippen LogP contribution in [0.1, 0.15) is 6.92 Å². The maximum Gasteiger partial charge on any atom is 0.308 e. The lowest BCUT2D eigenvalue weighted by molar-refractivity contribution is -0.131. The van der Waals surface area contributed by atoms with Crippen LogP contribution < -0.4 is 4.74 Å². The van der Waals surface area contributed by atoms with Crippen LogP contribution >= 0.6 is 11.3 Å². The van der Waals surface area contributed by atoms with Crippen molar-refractivity contribution in [3.63, 3.8) is 0 Å². The number of benzene rings is 1. The second-order valence-corrected chi connectivity index (χ2v) is 4.02. The molecule has 0 unspecified atom stereocenters. The van der Waals surface area contributed by atoms with E-state index in [4.69, 9.17) is 4.74 Å². The number of ether oxygens (including phenoxy) is 1. The maximum atomic E-state index is 10.7. The highest BCUT2D eigenvalue weighted by atomic mass is 32.1. The SMILES string of the molecule is CC(=O)Oc1csc(-c2ccccc2)c1. The fourth-order valence-electron chi connectivity index (χ4n) is 1.29. The molecule has 1 aromatic carbocycles. The fourth-order valence-corrected chi connectivity index (χ4v) is 2.11. The van der Waals surface area contributed by atoms with Gasteiger partial charge in [-0.1, -0.05) is 30.3 Å². The van der Waals surface area contributed by atoms with Crippen LogP contribution in [0.2, 0.25) is 0 Å². The lowest BCUT2D eigenvalue weighted by Gasteiger charge is -1.95. The van der Waals surface area contributed by atoms with Crippen LogP contribution in [0.25, 0.3) is 10.4 Å². The third-order valence-corrected chi connectivity index (χ3v) is 2.85. The Morgan fingerprint density at radius 3 is 2.67 bits per heavy atom. The fraction of sp³-hybridized carbons (Fsp3) is 0.0833. The number of esters is 1. The Balaban J connectivity index is 2.24. The van der Waals surface area contributed by atoms with E-state index in [1.54, 1.807) is 11.3 Å². The van der Waals surface area contributed by atoms with Crippen LogP contribution in [-0.2, 0) is 4.79 Å². The monoisotopic (exact) mass is 218 g/mol. The summed E-state index contributed by atoms with van der Waals surface area (Å²) in [5, 5.41) is 1.84. The van der Waals surface area contributed by atoms with Gasteiger partial charge in [-0.3, -0.25) is 4.79 Å². The Bertz CT molecular complexity index is 459. The van der Waals surface area contributed by atoms with Crippen LogP contribution in [0.4, 0.5) is 0 Å². The van der Waals surface area contributed by atoms with E-state index in [9.17, 15) is 4.79 Å². The van der Waals surface area contributed by atoms with Gasteiger partial charge in [0.1, 0.15) is 5.75 Å². The van der Waals surface area contributed by atoms with Crippen LogP contribution in [0, 0.1) is 0 Å². The van der Waals surface area contributed by atoms with Gasteiger partial charge < -0.3 is 4.74 Å². The van der Waals surface area contributed by atoms with Gasteiger partial charge in [-0.25, -0.2) is 0 Å². The Kier molecular flexibility index (Phi) is 2.83. The predicted molar refractivity (Wildman–Crippen MR) is 61.1 cm³/mol. The third kappa shape index (κ3) is 2.44. The summed E-state index contributed by atoms with van der Waals surface area (Å²) in [6.07, 6.45) is 0. The quantitative estimate of drug-likeness (QED) is 0.723. The van der Waals surface area contributed by atoms with Gasteiger partial charge in [-0.05, 0) is 11.6 Å². The van der Waals surface area contributed by atoms with Crippen LogP contribution in [0.3, 0.4) is 0 Å². The predicted octanol–water partition coefficient (Wildman–Crippen LogP) is 3.34. The van der Waals surface area contributed by atoms with Crippen molar-refractivity contribution in [2.24, 2.45) is 0 Å². The molecular weight excluding hydrogens is 208 g/mol. The highest BCUT2D eigenvalue weighted by Gasteiger charge is 2.04. The summed E-state index contributed by atoms with van der Waals surface area (Å²) in [6, 6.07) is 11.9. The van der Waals surface area contributed by atoms with E-state index in [2.05, 4.69) is 0 Å². The summed E-state index contributed by atoms with van der Waals surface area (Å²) in [7, 11) is 0. The van der Waals surface area contributed by atoms with E-state index < -0.39 is 0 Å². The topological polar surface area (TPSA) is 26.3 Å². The summed E-state index contributed by atoms with van der Waals surface area (Å²) in [5.41, 5.74) is 1.14. The lowest BCUT2D eigenvalue weighted by atomic mass is 10.2. The summed E-state index contributed by atoms with van der Waals surface area (Å²) >= 11 is 1.57. The van der Waals surface area contributed by atoms with Gasteiger partial charge in [0.25, 0.3) is 0 Å². The van der Waals surface area contributed by atoms with Crippen LogP contribution in [0.15, 0.2) is 41.8 Å². The largest absolute Gasteiger partial charge is 0.426 e. The molecule has 2 aromatic rings. The molecule has 15 heavy (non-hydrogen) atoms. The van der Waals surface area contributed by atoms with Crippen molar-refractivity contribution in [1.29, 1.82) is 0 Å². The van der Waals surface area contributed by atoms with Gasteiger partial charge in [0, 0.05) is 17.2 Å². The average molecular weight is 218 g/mol. The third-order valence-electron chi connectivity index (χ3n) is 1.90. The molecule has 76 valence electrons. The van der Waals surface area contributed by atoms with E-state index in [-0.39, 0.29) is 5.97 Å². The van der Waals surface area contributed by atoms with Gasteiger partial charge in [0.05, 0.1) is 0 Å². The normalized spacial score (nSPS) is 9.93. The molecule has 1 heterocycles. The number of thiophene rings is 1. The summed E-state index contributed by atoms with van der Waals surface area (Å²) < 4.78 is 4.99. The van der Waals surface area contributed by atoms with E-state index in [0.29, 0.717) is 5.75 Å². The van der Waals surface area contributed by atoms with E-state index in [0.717, 1.165) is 10.4 Å². The Labute approximate surface area is 92.1 Å². The molecule has 0 atom stereocenters. The first-order chi connectivity index (χ1) is 7.25. The molecule has 0 aliphatic rings. The smallest absolute Gasteiger partial charge is 0.308 e. The lowest BCUT2D eigenvalue weighted by Crippen LogP contribution is -1.99. The molecule has 0 N–H and O–H groups in total. The zero-order valence-electron chi connectivity index (χ0n) is 8.27. The minimum absolute atomic E-state index is 0.285. The molecule has 0 saturated carbocycles. The van der Waals surface area contributed by atoms with E-state index in [1.807, 2.05) is 41.8 Å². The van der Waals surface area contributed by atoms with Crippen LogP contribution in [-0.4, -0.2) is 5.97 Å². The molecule has 2 nitrogen and oxygen atoms in total. The van der Waals surface area contributed by atoms with Gasteiger partial charge in [-0.2, -0.15) is 0 Å². The van der Waals surface area contributed by atoms with Crippen molar-refractivity contribution < 1.29 is 9.53 Å². The molecule has 0 bridgehead atoms. The van der Waals surface area contributed by atoms with Crippen molar-refractivity contribution in [2.45, 2.75) is 6.92 Å². The maximum absolute atomic E-state index is 10.7. The molecule has 1 aromatic heterocycles. The standard InChI is InChI=1S/C12H10O2S/c1-9(13)14-11-7-12(15-8-11)10-5-3-2-4-6-10/h2-8H,1H3.